The van der Waals surface area contributed by atoms with Crippen molar-refractivity contribution < 1.29 is 4.42 Å². The molecule has 0 fully saturated rings. The van der Waals surface area contributed by atoms with Gasteiger partial charge < -0.3 is 8.98 Å². The molecular formula is C53H35N3O. The van der Waals surface area contributed by atoms with E-state index in [-0.39, 0.29) is 0 Å². The van der Waals surface area contributed by atoms with Gasteiger partial charge in [0, 0.05) is 43.8 Å². The molecule has 11 rings (SSSR count). The minimum atomic E-state index is 0.631. The Morgan fingerprint density at radius 3 is 1.70 bits per heavy atom. The van der Waals surface area contributed by atoms with Crippen molar-refractivity contribution >= 4 is 50.6 Å². The summed E-state index contributed by atoms with van der Waals surface area (Å²) in [4.78, 5) is 10.3. The molecule has 0 radical (unpaired) electrons. The molecule has 0 bridgehead atoms. The SMILES string of the molecule is C1=C(c2ccc(-c3cccc4c3oc3c(-c5nc(-c6ccccc6)cc(-c6ccccc6)n5)cccc34)cc2)C=c2c(n(-c3ccccc3)c3ccccc23)=CC1. The van der Waals surface area contributed by atoms with Crippen LogP contribution in [0, 0.1) is 0 Å². The summed E-state index contributed by atoms with van der Waals surface area (Å²) in [6.45, 7) is 0. The summed E-state index contributed by atoms with van der Waals surface area (Å²) >= 11 is 0. The molecule has 3 heterocycles. The molecule has 4 nitrogen and oxygen atoms in total. The Bertz CT molecular complexity index is 3230. The Kier molecular flexibility index (Phi) is 7.85. The molecule has 4 heteroatoms. The van der Waals surface area contributed by atoms with E-state index in [1.54, 1.807) is 0 Å². The van der Waals surface area contributed by atoms with Gasteiger partial charge in [-0.2, -0.15) is 0 Å². The van der Waals surface area contributed by atoms with E-state index in [2.05, 4.69) is 168 Å². The fourth-order valence-corrected chi connectivity index (χ4v) is 8.35. The van der Waals surface area contributed by atoms with Gasteiger partial charge in [-0.1, -0.05) is 164 Å². The minimum absolute atomic E-state index is 0.631. The molecule has 0 atom stereocenters. The van der Waals surface area contributed by atoms with Gasteiger partial charge in [0.05, 0.1) is 27.8 Å². The van der Waals surface area contributed by atoms with Gasteiger partial charge in [0.2, 0.25) is 0 Å². The zero-order chi connectivity index (χ0) is 37.7. The molecule has 0 saturated heterocycles. The summed E-state index contributed by atoms with van der Waals surface area (Å²) in [5.74, 6) is 0.631. The molecule has 0 aliphatic heterocycles. The maximum absolute atomic E-state index is 6.89. The minimum Gasteiger partial charge on any atom is -0.455 e. The average molecular weight is 730 g/mol. The molecule has 268 valence electrons. The van der Waals surface area contributed by atoms with Gasteiger partial charge in [-0.15, -0.1) is 0 Å². The van der Waals surface area contributed by atoms with E-state index in [0.717, 1.165) is 67.6 Å². The molecule has 0 spiro atoms. The van der Waals surface area contributed by atoms with Crippen LogP contribution < -0.4 is 10.6 Å². The second-order valence-corrected chi connectivity index (χ2v) is 14.5. The lowest BCUT2D eigenvalue weighted by Gasteiger charge is -2.09. The molecule has 1 aliphatic rings. The van der Waals surface area contributed by atoms with Crippen LogP contribution in [0.1, 0.15) is 12.0 Å². The number of para-hydroxylation sites is 4. The third kappa shape index (κ3) is 5.70. The molecule has 0 saturated carbocycles. The van der Waals surface area contributed by atoms with Crippen molar-refractivity contribution in [3.8, 4) is 50.7 Å². The number of furan rings is 1. The number of allylic oxidation sites excluding steroid dienone is 2. The van der Waals surface area contributed by atoms with E-state index in [1.165, 1.54) is 38.3 Å². The maximum atomic E-state index is 6.89. The Morgan fingerprint density at radius 1 is 0.456 bits per heavy atom. The second kappa shape index (κ2) is 13.6. The number of nitrogens with zero attached hydrogens (tertiary/aromatic N) is 3. The highest BCUT2D eigenvalue weighted by molar-refractivity contribution is 6.12. The van der Waals surface area contributed by atoms with Crippen LogP contribution in [-0.2, 0) is 0 Å². The van der Waals surface area contributed by atoms with Crippen LogP contribution in [-0.4, -0.2) is 14.5 Å². The highest BCUT2D eigenvalue weighted by Crippen LogP contribution is 2.40. The predicted molar refractivity (Wildman–Crippen MR) is 235 cm³/mol. The Morgan fingerprint density at radius 2 is 1.02 bits per heavy atom. The average Bonchev–Trinajstić information content (AvgIpc) is 3.73. The molecule has 1 aliphatic carbocycles. The number of fused-ring (bicyclic) bond motifs is 6. The third-order valence-corrected chi connectivity index (χ3v) is 11.1. The molecular weight excluding hydrogens is 695 g/mol. The van der Waals surface area contributed by atoms with Gasteiger partial charge in [-0.3, -0.25) is 0 Å². The highest BCUT2D eigenvalue weighted by atomic mass is 16.3. The van der Waals surface area contributed by atoms with Crippen molar-refractivity contribution in [1.29, 1.82) is 0 Å². The van der Waals surface area contributed by atoms with Crippen LogP contribution in [0.15, 0.2) is 192 Å². The Balaban J connectivity index is 1.000. The first-order valence-corrected chi connectivity index (χ1v) is 19.4. The Hall–Kier alpha value is -7.56. The molecule has 57 heavy (non-hydrogen) atoms. The topological polar surface area (TPSA) is 43.9 Å². The lowest BCUT2D eigenvalue weighted by atomic mass is 9.98. The lowest BCUT2D eigenvalue weighted by molar-refractivity contribution is 0.670. The molecule has 7 aromatic carbocycles. The fraction of sp³-hybridized carbons (Fsp3) is 0.0189. The summed E-state index contributed by atoms with van der Waals surface area (Å²) < 4.78 is 9.28. The first-order chi connectivity index (χ1) is 28.3. The van der Waals surface area contributed by atoms with E-state index in [4.69, 9.17) is 14.4 Å². The third-order valence-electron chi connectivity index (χ3n) is 11.1. The monoisotopic (exact) mass is 729 g/mol. The van der Waals surface area contributed by atoms with Crippen LogP contribution >= 0.6 is 0 Å². The number of hydrogen-bond acceptors (Lipinski definition) is 3. The highest BCUT2D eigenvalue weighted by Gasteiger charge is 2.19. The number of rotatable bonds is 6. The second-order valence-electron chi connectivity index (χ2n) is 14.5. The van der Waals surface area contributed by atoms with Gasteiger partial charge >= 0.3 is 0 Å². The Labute approximate surface area is 329 Å². The van der Waals surface area contributed by atoms with Crippen LogP contribution in [0.4, 0.5) is 0 Å². The summed E-state index contributed by atoms with van der Waals surface area (Å²) in [7, 11) is 0. The molecule has 0 amide bonds. The largest absolute Gasteiger partial charge is 0.455 e. The van der Waals surface area contributed by atoms with E-state index >= 15 is 0 Å². The molecule has 0 N–H and O–H groups in total. The van der Waals surface area contributed by atoms with Crippen LogP contribution in [0.2, 0.25) is 0 Å². The van der Waals surface area contributed by atoms with E-state index in [0.29, 0.717) is 5.82 Å². The van der Waals surface area contributed by atoms with Crippen molar-refractivity contribution in [2.45, 2.75) is 6.42 Å². The smallest absolute Gasteiger partial charge is 0.164 e. The number of aromatic nitrogens is 3. The van der Waals surface area contributed by atoms with E-state index in [9.17, 15) is 0 Å². The lowest BCUT2D eigenvalue weighted by Crippen LogP contribution is -2.28. The standard InChI is InChI=1S/C53H35N3O/c1-4-15-37(16-5-1)47-34-48(38-17-6-2-7-18-38)55-53(54-47)45-26-14-25-44-43-24-13-23-41(51(43)57-52(44)45)36-31-29-35(30-32-36)39-19-12-28-50-46(33-39)42-22-10-11-27-49(42)56(50)40-20-8-3-9-21-40/h1-11,13-34H,12H2. The molecule has 0 unspecified atom stereocenters. The van der Waals surface area contributed by atoms with Crippen LogP contribution in [0.3, 0.4) is 0 Å². The van der Waals surface area contributed by atoms with Crippen molar-refractivity contribution in [2.75, 3.05) is 0 Å². The van der Waals surface area contributed by atoms with Gasteiger partial charge in [0.1, 0.15) is 11.2 Å². The van der Waals surface area contributed by atoms with Crippen LogP contribution in [0.5, 0.6) is 0 Å². The van der Waals surface area contributed by atoms with Gasteiger partial charge in [-0.25, -0.2) is 9.97 Å². The summed E-state index contributed by atoms with van der Waals surface area (Å²) in [5.41, 5.74) is 13.2. The molecule has 10 aromatic rings. The number of hydrogen-bond donors (Lipinski definition) is 0. The van der Waals surface area contributed by atoms with Crippen molar-refractivity contribution in [1.82, 2.24) is 14.5 Å². The van der Waals surface area contributed by atoms with Crippen molar-refractivity contribution in [3.63, 3.8) is 0 Å². The number of benzene rings is 7. The van der Waals surface area contributed by atoms with Crippen molar-refractivity contribution in [2.24, 2.45) is 0 Å². The van der Waals surface area contributed by atoms with Crippen molar-refractivity contribution in [3.05, 3.63) is 204 Å². The maximum Gasteiger partial charge on any atom is 0.164 e. The van der Waals surface area contributed by atoms with Crippen LogP contribution in [0.25, 0.3) is 101 Å². The quantitative estimate of drug-likeness (QED) is 0.171. The summed E-state index contributed by atoms with van der Waals surface area (Å²) in [5, 5.41) is 5.83. The zero-order valence-electron chi connectivity index (χ0n) is 31.0. The first kappa shape index (κ1) is 32.8. The predicted octanol–water partition coefficient (Wildman–Crippen LogP) is 12.0. The summed E-state index contributed by atoms with van der Waals surface area (Å²) in [6, 6.07) is 63.6. The van der Waals surface area contributed by atoms with E-state index < -0.39 is 0 Å². The van der Waals surface area contributed by atoms with Gasteiger partial charge in [0.15, 0.2) is 5.82 Å². The van der Waals surface area contributed by atoms with Gasteiger partial charge in [-0.05, 0) is 59.5 Å². The fourth-order valence-electron chi connectivity index (χ4n) is 8.35. The van der Waals surface area contributed by atoms with Gasteiger partial charge in [0.25, 0.3) is 0 Å². The first-order valence-electron chi connectivity index (χ1n) is 19.4. The molecule has 3 aromatic heterocycles. The normalized spacial score (nSPS) is 12.5. The summed E-state index contributed by atoms with van der Waals surface area (Å²) in [6.07, 6.45) is 7.88. The van der Waals surface area contributed by atoms with E-state index in [1.807, 2.05) is 36.4 Å². The zero-order valence-corrected chi connectivity index (χ0v) is 31.0.